The van der Waals surface area contributed by atoms with Crippen molar-refractivity contribution in [3.8, 4) is 17.0 Å². The number of nitrogens with one attached hydrogen (secondary N) is 1. The van der Waals surface area contributed by atoms with Gasteiger partial charge in [0.05, 0.1) is 12.8 Å². The third-order valence-electron chi connectivity index (χ3n) is 3.75. The molecule has 2 heterocycles. The number of ether oxygens (including phenoxy) is 2. The van der Waals surface area contributed by atoms with E-state index in [1.807, 2.05) is 18.2 Å². The van der Waals surface area contributed by atoms with Gasteiger partial charge in [0.2, 0.25) is 0 Å². The molecule has 3 rings (SSSR count). The van der Waals surface area contributed by atoms with E-state index in [9.17, 15) is 9.59 Å². The number of carbonyl (C=O) groups is 1. The Morgan fingerprint density at radius 1 is 1.35 bits per heavy atom. The van der Waals surface area contributed by atoms with Gasteiger partial charge in [-0.1, -0.05) is 0 Å². The molecule has 0 aliphatic carbocycles. The first-order valence-electron chi connectivity index (χ1n) is 7.20. The number of amides is 1. The number of benzene rings is 1. The molecule has 23 heavy (non-hydrogen) atoms. The molecule has 0 saturated carbocycles. The predicted molar refractivity (Wildman–Crippen MR) is 84.7 cm³/mol. The zero-order chi connectivity index (χ0) is 16.4. The van der Waals surface area contributed by atoms with Gasteiger partial charge in [-0.05, 0) is 30.2 Å². The molecule has 0 bridgehead atoms. The lowest BCUT2D eigenvalue weighted by atomic mass is 9.97. The maximum absolute atomic E-state index is 12.2. The van der Waals surface area contributed by atoms with Crippen molar-refractivity contribution in [2.75, 3.05) is 26.1 Å². The second kappa shape index (κ2) is 6.21. The summed E-state index contributed by atoms with van der Waals surface area (Å²) in [5.74, 6) is 0.657. The summed E-state index contributed by atoms with van der Waals surface area (Å²) >= 11 is 0. The minimum absolute atomic E-state index is 0.0894. The number of carbonyl (C=O) groups excluding carboxylic acids is 1. The van der Waals surface area contributed by atoms with Crippen LogP contribution in [0.2, 0.25) is 0 Å². The van der Waals surface area contributed by atoms with Crippen molar-refractivity contribution >= 4 is 11.7 Å². The largest absolute Gasteiger partial charge is 0.497 e. The molecule has 1 amide bonds. The van der Waals surface area contributed by atoms with E-state index in [1.54, 1.807) is 17.7 Å². The molecule has 2 aromatic rings. The van der Waals surface area contributed by atoms with Gasteiger partial charge in [0.25, 0.3) is 5.91 Å². The van der Waals surface area contributed by atoms with Gasteiger partial charge in [0.15, 0.2) is 0 Å². The molecule has 7 nitrogen and oxygen atoms in total. The number of fused-ring (bicyclic) bond motifs is 3. The summed E-state index contributed by atoms with van der Waals surface area (Å²) in [6.07, 6.45) is 0.733. The Hall–Kier alpha value is -2.67. The van der Waals surface area contributed by atoms with E-state index in [1.165, 1.54) is 7.11 Å². The van der Waals surface area contributed by atoms with Gasteiger partial charge in [-0.25, -0.2) is 4.79 Å². The average molecular weight is 315 g/mol. The molecule has 1 aromatic carbocycles. The Bertz CT molecular complexity index is 813. The maximum atomic E-state index is 12.2. The number of aromatic nitrogens is 2. The average Bonchev–Trinajstić information content (AvgIpc) is 2.54. The van der Waals surface area contributed by atoms with Crippen molar-refractivity contribution in [1.82, 2.24) is 9.55 Å². The van der Waals surface area contributed by atoms with Crippen LogP contribution in [0.3, 0.4) is 0 Å². The van der Waals surface area contributed by atoms with Crippen LogP contribution in [0.15, 0.2) is 29.1 Å². The Morgan fingerprint density at radius 3 is 2.91 bits per heavy atom. The van der Waals surface area contributed by atoms with Crippen molar-refractivity contribution < 1.29 is 14.3 Å². The molecule has 0 fully saturated rings. The van der Waals surface area contributed by atoms with Crippen molar-refractivity contribution in [3.63, 3.8) is 0 Å². The number of aryl methyl sites for hydroxylation is 1. The molecule has 0 radical (unpaired) electrons. The zero-order valence-electron chi connectivity index (χ0n) is 13.0. The molecule has 0 saturated heterocycles. The van der Waals surface area contributed by atoms with E-state index in [2.05, 4.69) is 10.3 Å². The van der Waals surface area contributed by atoms with E-state index >= 15 is 0 Å². The van der Waals surface area contributed by atoms with E-state index < -0.39 is 0 Å². The fourth-order valence-electron chi connectivity index (χ4n) is 2.71. The van der Waals surface area contributed by atoms with Crippen LogP contribution in [0.5, 0.6) is 5.75 Å². The van der Waals surface area contributed by atoms with Crippen LogP contribution in [0.1, 0.15) is 5.56 Å². The molecule has 1 N–H and O–H groups in total. The highest BCUT2D eigenvalue weighted by Gasteiger charge is 2.19. The quantitative estimate of drug-likeness (QED) is 0.912. The van der Waals surface area contributed by atoms with Crippen LogP contribution in [0, 0.1) is 0 Å². The first kappa shape index (κ1) is 15.2. The monoisotopic (exact) mass is 315 g/mol. The van der Waals surface area contributed by atoms with Gasteiger partial charge in [0, 0.05) is 25.3 Å². The van der Waals surface area contributed by atoms with Gasteiger partial charge < -0.3 is 14.8 Å². The summed E-state index contributed by atoms with van der Waals surface area (Å²) in [5, 5.41) is 2.57. The van der Waals surface area contributed by atoms with Crippen LogP contribution in [-0.4, -0.2) is 36.3 Å². The molecule has 0 atom stereocenters. The highest BCUT2D eigenvalue weighted by molar-refractivity contribution is 5.91. The van der Waals surface area contributed by atoms with E-state index in [0.29, 0.717) is 6.54 Å². The Labute approximate surface area is 132 Å². The standard InChI is InChI=1S/C16H17N3O4/c1-22-9-15(20)17-14-8-13-12-4-3-11(23-2)7-10(12)5-6-19(13)16(21)18-14/h3-4,7-8H,5-6,9H2,1-2H3,(H,17,18,20,21). The molecule has 1 aliphatic heterocycles. The third kappa shape index (κ3) is 2.95. The topological polar surface area (TPSA) is 82.5 Å². The number of anilines is 1. The van der Waals surface area contributed by atoms with Crippen molar-refractivity contribution in [3.05, 3.63) is 40.3 Å². The lowest BCUT2D eigenvalue weighted by Crippen LogP contribution is -2.30. The SMILES string of the molecule is COCC(=O)Nc1cc2n(c(=O)n1)CCc1cc(OC)ccc1-2. The molecule has 0 unspecified atom stereocenters. The minimum Gasteiger partial charge on any atom is -0.497 e. The zero-order valence-corrected chi connectivity index (χ0v) is 13.0. The second-order valence-corrected chi connectivity index (χ2v) is 5.22. The van der Waals surface area contributed by atoms with E-state index in [-0.39, 0.29) is 24.0 Å². The van der Waals surface area contributed by atoms with E-state index in [0.717, 1.165) is 29.0 Å². The van der Waals surface area contributed by atoms with Crippen LogP contribution >= 0.6 is 0 Å². The fourth-order valence-corrected chi connectivity index (χ4v) is 2.71. The summed E-state index contributed by atoms with van der Waals surface area (Å²) < 4.78 is 11.6. The van der Waals surface area contributed by atoms with E-state index in [4.69, 9.17) is 9.47 Å². The molecule has 7 heteroatoms. The summed E-state index contributed by atoms with van der Waals surface area (Å²) in [7, 11) is 3.05. The van der Waals surface area contributed by atoms with Crippen LogP contribution < -0.4 is 15.7 Å². The van der Waals surface area contributed by atoms with Crippen LogP contribution in [0.4, 0.5) is 5.82 Å². The molecular formula is C16H17N3O4. The van der Waals surface area contributed by atoms with Gasteiger partial charge in [-0.3, -0.25) is 9.36 Å². The summed E-state index contributed by atoms with van der Waals surface area (Å²) in [4.78, 5) is 27.7. The number of hydrogen-bond donors (Lipinski definition) is 1. The third-order valence-corrected chi connectivity index (χ3v) is 3.75. The van der Waals surface area contributed by atoms with Gasteiger partial charge in [-0.2, -0.15) is 4.98 Å². The highest BCUT2D eigenvalue weighted by atomic mass is 16.5. The Kier molecular flexibility index (Phi) is 4.12. The Balaban J connectivity index is 2.03. The van der Waals surface area contributed by atoms with Crippen molar-refractivity contribution in [1.29, 1.82) is 0 Å². The van der Waals surface area contributed by atoms with Crippen LogP contribution in [0.25, 0.3) is 11.3 Å². The van der Waals surface area contributed by atoms with Gasteiger partial charge in [0.1, 0.15) is 18.2 Å². The molecule has 120 valence electrons. The van der Waals surface area contributed by atoms with Crippen molar-refractivity contribution in [2.24, 2.45) is 0 Å². The van der Waals surface area contributed by atoms with Gasteiger partial charge in [-0.15, -0.1) is 0 Å². The predicted octanol–water partition coefficient (Wildman–Crippen LogP) is 1.06. The summed E-state index contributed by atoms with van der Waals surface area (Å²) in [6, 6.07) is 7.44. The lowest BCUT2D eigenvalue weighted by molar-refractivity contribution is -0.119. The first-order chi connectivity index (χ1) is 11.1. The smallest absolute Gasteiger partial charge is 0.350 e. The number of hydrogen-bond acceptors (Lipinski definition) is 5. The lowest BCUT2D eigenvalue weighted by Gasteiger charge is -2.22. The normalized spacial score (nSPS) is 12.3. The molecule has 0 spiro atoms. The Morgan fingerprint density at radius 2 is 2.17 bits per heavy atom. The fraction of sp³-hybridized carbons (Fsp3) is 0.312. The molecule has 1 aliphatic rings. The summed E-state index contributed by atoms with van der Waals surface area (Å²) in [5.41, 5.74) is 2.40. The minimum atomic E-state index is -0.378. The van der Waals surface area contributed by atoms with Crippen molar-refractivity contribution in [2.45, 2.75) is 13.0 Å². The number of methoxy groups -OCH3 is 2. The molecular weight excluding hydrogens is 298 g/mol. The number of nitrogens with zero attached hydrogens (tertiary/aromatic N) is 2. The van der Waals surface area contributed by atoms with Crippen LogP contribution in [-0.2, 0) is 22.5 Å². The maximum Gasteiger partial charge on any atom is 0.350 e. The first-order valence-corrected chi connectivity index (χ1v) is 7.20. The molecule has 1 aromatic heterocycles. The highest BCUT2D eigenvalue weighted by Crippen LogP contribution is 2.31. The number of rotatable bonds is 4. The van der Waals surface area contributed by atoms with Gasteiger partial charge >= 0.3 is 5.69 Å². The second-order valence-electron chi connectivity index (χ2n) is 5.22. The summed E-state index contributed by atoms with van der Waals surface area (Å²) in [6.45, 7) is 0.460.